The average molecular weight is 248 g/mol. The van der Waals surface area contributed by atoms with Crippen LogP contribution < -0.4 is 5.32 Å². The summed E-state index contributed by atoms with van der Waals surface area (Å²) in [5, 5.41) is 3.46. The minimum atomic E-state index is 0.448. The van der Waals surface area contributed by atoms with Gasteiger partial charge in [-0.25, -0.2) is 0 Å². The molecule has 0 aliphatic heterocycles. The number of nitrogens with one attached hydrogen (secondary N) is 1. The molecule has 0 radical (unpaired) electrons. The molecule has 0 aromatic heterocycles. The average Bonchev–Trinajstić information content (AvgIpc) is 2.31. The molecule has 2 heteroatoms. The third-order valence-corrected chi connectivity index (χ3v) is 3.54. The maximum absolute atomic E-state index is 3.46. The van der Waals surface area contributed by atoms with Crippen LogP contribution in [0.2, 0.25) is 0 Å². The number of hydrogen-bond donors (Lipinski definition) is 1. The molecule has 0 saturated heterocycles. The molecule has 0 spiro atoms. The van der Waals surface area contributed by atoms with Crippen molar-refractivity contribution in [1.82, 2.24) is 10.2 Å². The van der Waals surface area contributed by atoms with Crippen molar-refractivity contribution in [2.75, 3.05) is 27.2 Å². The fourth-order valence-electron chi connectivity index (χ4n) is 2.23. The van der Waals surface area contributed by atoms with E-state index in [1.807, 2.05) is 0 Å². The van der Waals surface area contributed by atoms with E-state index in [9.17, 15) is 0 Å². The molecule has 2 nitrogen and oxygen atoms in total. The largest absolute Gasteiger partial charge is 0.315 e. The summed E-state index contributed by atoms with van der Waals surface area (Å²) in [6, 6.07) is 7.34. The number of nitrogens with zero attached hydrogens (tertiary/aromatic N) is 1. The van der Waals surface area contributed by atoms with Crippen LogP contribution in [-0.2, 0) is 0 Å². The van der Waals surface area contributed by atoms with Gasteiger partial charge >= 0.3 is 0 Å². The predicted octanol–water partition coefficient (Wildman–Crippen LogP) is 3.33. The third kappa shape index (κ3) is 3.82. The zero-order valence-corrected chi connectivity index (χ0v) is 12.7. The van der Waals surface area contributed by atoms with Crippen molar-refractivity contribution in [2.24, 2.45) is 0 Å². The molecular weight excluding hydrogens is 220 g/mol. The van der Waals surface area contributed by atoms with Gasteiger partial charge in [-0.05, 0) is 50.2 Å². The van der Waals surface area contributed by atoms with Crippen LogP contribution in [-0.4, -0.2) is 32.1 Å². The summed E-state index contributed by atoms with van der Waals surface area (Å²) in [7, 11) is 4.31. The second-order valence-corrected chi connectivity index (χ2v) is 5.56. The molecule has 1 aromatic rings. The van der Waals surface area contributed by atoms with Crippen molar-refractivity contribution in [1.29, 1.82) is 0 Å². The van der Waals surface area contributed by atoms with Gasteiger partial charge in [0.2, 0.25) is 0 Å². The van der Waals surface area contributed by atoms with Crippen LogP contribution in [0.5, 0.6) is 0 Å². The second-order valence-electron chi connectivity index (χ2n) is 5.56. The van der Waals surface area contributed by atoms with E-state index in [0.29, 0.717) is 12.0 Å². The maximum Gasteiger partial charge on any atom is 0.0469 e. The Bertz CT molecular complexity index is 369. The molecule has 1 rings (SSSR count). The lowest BCUT2D eigenvalue weighted by molar-refractivity contribution is 0.289. The van der Waals surface area contributed by atoms with Gasteiger partial charge in [0, 0.05) is 12.6 Å². The van der Waals surface area contributed by atoms with Gasteiger partial charge in [0.1, 0.15) is 0 Å². The predicted molar refractivity (Wildman–Crippen MR) is 80.2 cm³/mol. The molecule has 0 bridgehead atoms. The van der Waals surface area contributed by atoms with Gasteiger partial charge in [-0.3, -0.25) is 0 Å². The molecule has 1 unspecified atom stereocenters. The summed E-state index contributed by atoms with van der Waals surface area (Å²) >= 11 is 0. The van der Waals surface area contributed by atoms with Crippen molar-refractivity contribution in [3.8, 4) is 0 Å². The number of benzene rings is 1. The first-order valence-corrected chi connectivity index (χ1v) is 6.95. The van der Waals surface area contributed by atoms with Gasteiger partial charge in [-0.15, -0.1) is 0 Å². The van der Waals surface area contributed by atoms with E-state index >= 15 is 0 Å². The smallest absolute Gasteiger partial charge is 0.0469 e. The lowest BCUT2D eigenvalue weighted by atomic mass is 9.93. The normalized spacial score (nSPS) is 13.3. The fourth-order valence-corrected chi connectivity index (χ4v) is 2.23. The second kappa shape index (κ2) is 6.91. The van der Waals surface area contributed by atoms with Gasteiger partial charge in [-0.1, -0.05) is 39.0 Å². The number of rotatable bonds is 6. The number of hydrogen-bond acceptors (Lipinski definition) is 2. The summed E-state index contributed by atoms with van der Waals surface area (Å²) in [4.78, 5) is 2.30. The Morgan fingerprint density at radius 1 is 1.22 bits per heavy atom. The van der Waals surface area contributed by atoms with Crippen molar-refractivity contribution in [3.63, 3.8) is 0 Å². The van der Waals surface area contributed by atoms with E-state index in [2.05, 4.69) is 70.2 Å². The van der Waals surface area contributed by atoms with Gasteiger partial charge in [0.15, 0.2) is 0 Å². The molecule has 0 heterocycles. The summed E-state index contributed by atoms with van der Waals surface area (Å²) < 4.78 is 0. The van der Waals surface area contributed by atoms with Crippen LogP contribution >= 0.6 is 0 Å². The Hall–Kier alpha value is -0.860. The molecule has 0 aliphatic rings. The van der Waals surface area contributed by atoms with Crippen LogP contribution in [0.3, 0.4) is 0 Å². The molecule has 102 valence electrons. The topological polar surface area (TPSA) is 15.3 Å². The van der Waals surface area contributed by atoms with E-state index < -0.39 is 0 Å². The molecular formula is C16H28N2. The highest BCUT2D eigenvalue weighted by Gasteiger charge is 2.16. The highest BCUT2D eigenvalue weighted by molar-refractivity contribution is 5.35. The summed E-state index contributed by atoms with van der Waals surface area (Å²) in [6.45, 7) is 10.9. The van der Waals surface area contributed by atoms with Crippen LogP contribution in [0.25, 0.3) is 0 Å². The molecule has 0 amide bonds. The molecule has 0 fully saturated rings. The lowest BCUT2D eigenvalue weighted by Gasteiger charge is -2.27. The quantitative estimate of drug-likeness (QED) is 0.830. The van der Waals surface area contributed by atoms with Gasteiger partial charge < -0.3 is 10.2 Å². The lowest BCUT2D eigenvalue weighted by Crippen LogP contribution is -2.31. The van der Waals surface area contributed by atoms with Crippen molar-refractivity contribution >= 4 is 0 Å². The van der Waals surface area contributed by atoms with Gasteiger partial charge in [0.05, 0.1) is 0 Å². The zero-order valence-electron chi connectivity index (χ0n) is 12.7. The highest BCUT2D eigenvalue weighted by atomic mass is 15.1. The Morgan fingerprint density at radius 2 is 1.89 bits per heavy atom. The maximum atomic E-state index is 3.46. The monoisotopic (exact) mass is 248 g/mol. The molecule has 0 saturated carbocycles. The standard InChI is InChI=1S/C16H28N2/c1-7-17-11-16(18(5)6)15-10-14(12(2)3)9-8-13(15)4/h8-10,12,16-17H,7,11H2,1-6H3. The van der Waals surface area contributed by atoms with E-state index in [4.69, 9.17) is 0 Å². The number of likely N-dealkylation sites (N-methyl/N-ethyl adjacent to an activating group) is 2. The van der Waals surface area contributed by atoms with E-state index in [0.717, 1.165) is 13.1 Å². The summed E-state index contributed by atoms with van der Waals surface area (Å²) in [5.41, 5.74) is 4.27. The van der Waals surface area contributed by atoms with Crippen LogP contribution in [0.1, 0.15) is 49.4 Å². The molecule has 1 N–H and O–H groups in total. The molecule has 1 atom stereocenters. The van der Waals surface area contributed by atoms with E-state index in [-0.39, 0.29) is 0 Å². The third-order valence-electron chi connectivity index (χ3n) is 3.54. The Kier molecular flexibility index (Phi) is 5.83. The first kappa shape index (κ1) is 15.2. The summed E-state index contributed by atoms with van der Waals surface area (Å²) in [6.07, 6.45) is 0. The van der Waals surface area contributed by atoms with E-state index in [1.165, 1.54) is 16.7 Å². The minimum absolute atomic E-state index is 0.448. The molecule has 18 heavy (non-hydrogen) atoms. The zero-order chi connectivity index (χ0) is 13.7. The first-order chi connectivity index (χ1) is 8.47. The van der Waals surface area contributed by atoms with Gasteiger partial charge in [0.25, 0.3) is 0 Å². The Morgan fingerprint density at radius 3 is 2.39 bits per heavy atom. The Balaban J connectivity index is 3.05. The molecule has 0 aliphatic carbocycles. The van der Waals surface area contributed by atoms with Crippen molar-refractivity contribution < 1.29 is 0 Å². The highest BCUT2D eigenvalue weighted by Crippen LogP contribution is 2.25. The molecule has 1 aromatic carbocycles. The SMILES string of the molecule is CCNCC(c1cc(C(C)C)ccc1C)N(C)C. The summed E-state index contributed by atoms with van der Waals surface area (Å²) in [5.74, 6) is 0.589. The first-order valence-electron chi connectivity index (χ1n) is 6.95. The van der Waals surface area contributed by atoms with Crippen LogP contribution in [0.15, 0.2) is 18.2 Å². The fraction of sp³-hybridized carbons (Fsp3) is 0.625. The van der Waals surface area contributed by atoms with Crippen LogP contribution in [0, 0.1) is 6.92 Å². The Labute approximate surface area is 112 Å². The van der Waals surface area contributed by atoms with E-state index in [1.54, 1.807) is 0 Å². The number of aryl methyl sites for hydroxylation is 1. The minimum Gasteiger partial charge on any atom is -0.315 e. The van der Waals surface area contributed by atoms with Crippen molar-refractivity contribution in [2.45, 2.75) is 39.7 Å². The van der Waals surface area contributed by atoms with Crippen molar-refractivity contribution in [3.05, 3.63) is 34.9 Å². The van der Waals surface area contributed by atoms with Crippen LogP contribution in [0.4, 0.5) is 0 Å². The van der Waals surface area contributed by atoms with Gasteiger partial charge in [-0.2, -0.15) is 0 Å².